The first-order valence-corrected chi connectivity index (χ1v) is 10.1. The van der Waals surface area contributed by atoms with Crippen molar-refractivity contribution in [2.45, 2.75) is 83.1 Å². The topological polar surface area (TPSA) is 24.7 Å². The zero-order valence-electron chi connectivity index (χ0n) is 19.9. The quantitative estimate of drug-likeness (QED) is 0.491. The van der Waals surface area contributed by atoms with Crippen LogP contribution in [0.25, 0.3) is 0 Å². The minimum atomic E-state index is 0.975. The second-order valence-corrected chi connectivity index (χ2v) is 8.34. The van der Waals surface area contributed by atoms with Crippen LogP contribution in [0.4, 0.5) is 11.4 Å². The molecule has 2 aromatic carbocycles. The fraction of sp³-hybridized carbons (Fsp3) is 0.462. The van der Waals surface area contributed by atoms with Gasteiger partial charge in [-0.3, -0.25) is 9.98 Å². The van der Waals surface area contributed by atoms with Crippen LogP contribution in [0, 0.1) is 69.2 Å². The Morgan fingerprint density at radius 3 is 0.750 bits per heavy atom. The van der Waals surface area contributed by atoms with E-state index in [-0.39, 0.29) is 0 Å². The molecule has 0 amide bonds. The Hall–Kier alpha value is -2.22. The van der Waals surface area contributed by atoms with Crippen LogP contribution >= 0.6 is 0 Å². The van der Waals surface area contributed by atoms with Crippen molar-refractivity contribution in [2.24, 2.45) is 9.98 Å². The predicted octanol–water partition coefficient (Wildman–Crippen LogP) is 7.66. The molecule has 0 aliphatic carbocycles. The normalized spacial score (nSPS) is 12.7. The van der Waals surface area contributed by atoms with Gasteiger partial charge in [-0.05, 0) is 139 Å². The molecule has 0 unspecified atom stereocenters. The number of hydrogen-bond donors (Lipinski definition) is 0. The smallest absolute Gasteiger partial charge is 0.0697 e. The summed E-state index contributed by atoms with van der Waals surface area (Å²) in [6, 6.07) is 0. The fourth-order valence-corrected chi connectivity index (χ4v) is 3.79. The lowest BCUT2D eigenvalue weighted by molar-refractivity contribution is 1.16. The molecule has 0 saturated heterocycles. The molecule has 0 saturated carbocycles. The van der Waals surface area contributed by atoms with Crippen LogP contribution < -0.4 is 0 Å². The van der Waals surface area contributed by atoms with Crippen LogP contribution in [0.3, 0.4) is 0 Å². The molecule has 0 fully saturated rings. The number of nitrogens with zero attached hydrogens (tertiary/aromatic N) is 2. The van der Waals surface area contributed by atoms with Crippen LogP contribution in [-0.2, 0) is 0 Å². The van der Waals surface area contributed by atoms with E-state index in [9.17, 15) is 0 Å². The highest BCUT2D eigenvalue weighted by molar-refractivity contribution is 6.41. The van der Waals surface area contributed by atoms with E-state index in [0.717, 1.165) is 22.8 Å². The third-order valence-corrected chi connectivity index (χ3v) is 7.00. The van der Waals surface area contributed by atoms with Gasteiger partial charge in [-0.25, -0.2) is 0 Å². The van der Waals surface area contributed by atoms with E-state index in [2.05, 4.69) is 83.1 Å². The summed E-state index contributed by atoms with van der Waals surface area (Å²) in [5.41, 5.74) is 17.3. The second kappa shape index (κ2) is 8.03. The molecule has 0 N–H and O–H groups in total. The maximum absolute atomic E-state index is 5.02. The van der Waals surface area contributed by atoms with Gasteiger partial charge in [0.15, 0.2) is 0 Å². The fourth-order valence-electron chi connectivity index (χ4n) is 3.79. The van der Waals surface area contributed by atoms with Crippen molar-refractivity contribution >= 4 is 22.8 Å². The van der Waals surface area contributed by atoms with Crippen molar-refractivity contribution < 1.29 is 0 Å². The second-order valence-electron chi connectivity index (χ2n) is 8.34. The molecule has 0 radical (unpaired) electrons. The van der Waals surface area contributed by atoms with Crippen molar-refractivity contribution in [3.8, 4) is 0 Å². The van der Waals surface area contributed by atoms with Crippen LogP contribution in [0.5, 0.6) is 0 Å². The van der Waals surface area contributed by atoms with E-state index in [1.54, 1.807) is 0 Å². The first-order chi connectivity index (χ1) is 12.9. The molecular formula is C26H36N2. The van der Waals surface area contributed by atoms with E-state index in [1.807, 2.05) is 0 Å². The molecule has 0 spiro atoms. The van der Waals surface area contributed by atoms with Gasteiger partial charge in [-0.15, -0.1) is 0 Å². The summed E-state index contributed by atoms with van der Waals surface area (Å²) in [5, 5.41) is 0. The molecule has 0 aliphatic heterocycles. The Morgan fingerprint density at radius 2 is 0.536 bits per heavy atom. The molecule has 2 rings (SSSR count). The van der Waals surface area contributed by atoms with E-state index in [0.29, 0.717) is 0 Å². The maximum Gasteiger partial charge on any atom is 0.0697 e. The summed E-state index contributed by atoms with van der Waals surface area (Å²) in [6.07, 6.45) is 0. The summed E-state index contributed by atoms with van der Waals surface area (Å²) >= 11 is 0. The standard InChI is InChI=1S/C26H36N2/c1-13-15(3)19(7)25(20(8)16(13)4)27-23(11)24(12)28-26-21(9)17(5)14(2)18(6)22(26)10/h1-12H3. The molecule has 2 heteroatoms. The van der Waals surface area contributed by atoms with E-state index < -0.39 is 0 Å². The number of hydrogen-bond acceptors (Lipinski definition) is 2. The molecule has 150 valence electrons. The summed E-state index contributed by atoms with van der Waals surface area (Å²) < 4.78 is 0. The summed E-state index contributed by atoms with van der Waals surface area (Å²) in [7, 11) is 0. The molecule has 28 heavy (non-hydrogen) atoms. The lowest BCUT2D eigenvalue weighted by Gasteiger charge is -2.17. The molecule has 2 nitrogen and oxygen atoms in total. The summed E-state index contributed by atoms with van der Waals surface area (Å²) in [5.74, 6) is 0. The molecular weight excluding hydrogens is 340 g/mol. The minimum Gasteiger partial charge on any atom is -0.251 e. The number of aliphatic imine (C=N–C) groups is 2. The highest BCUT2D eigenvalue weighted by Gasteiger charge is 2.14. The van der Waals surface area contributed by atoms with Gasteiger partial charge < -0.3 is 0 Å². The summed E-state index contributed by atoms with van der Waals surface area (Å²) in [4.78, 5) is 10.0. The summed E-state index contributed by atoms with van der Waals surface area (Å²) in [6.45, 7) is 26.0. The monoisotopic (exact) mass is 376 g/mol. The highest BCUT2D eigenvalue weighted by Crippen LogP contribution is 2.34. The van der Waals surface area contributed by atoms with Gasteiger partial charge in [0, 0.05) is 0 Å². The van der Waals surface area contributed by atoms with Gasteiger partial charge in [0.25, 0.3) is 0 Å². The first kappa shape index (κ1) is 22.1. The molecule has 0 aliphatic rings. The lowest BCUT2D eigenvalue weighted by atomic mass is 9.93. The average molecular weight is 377 g/mol. The maximum atomic E-state index is 5.02. The lowest BCUT2D eigenvalue weighted by Crippen LogP contribution is -2.07. The molecule has 2 aromatic rings. The van der Waals surface area contributed by atoms with Crippen molar-refractivity contribution in [3.05, 3.63) is 55.6 Å². The molecule has 0 bridgehead atoms. The number of rotatable bonds is 3. The zero-order valence-corrected chi connectivity index (χ0v) is 19.9. The van der Waals surface area contributed by atoms with Crippen molar-refractivity contribution in [1.82, 2.24) is 0 Å². The van der Waals surface area contributed by atoms with Crippen molar-refractivity contribution in [2.75, 3.05) is 0 Å². The molecule has 0 heterocycles. The molecule has 0 aromatic heterocycles. The third kappa shape index (κ3) is 3.70. The number of benzene rings is 2. The Morgan fingerprint density at radius 1 is 0.357 bits per heavy atom. The van der Waals surface area contributed by atoms with Gasteiger partial charge in [-0.1, -0.05) is 0 Å². The van der Waals surface area contributed by atoms with E-state index in [1.165, 1.54) is 55.6 Å². The van der Waals surface area contributed by atoms with Crippen LogP contribution in [-0.4, -0.2) is 11.4 Å². The van der Waals surface area contributed by atoms with Crippen LogP contribution in [0.15, 0.2) is 9.98 Å². The average Bonchev–Trinajstić information content (AvgIpc) is 2.67. The minimum absolute atomic E-state index is 0.975. The van der Waals surface area contributed by atoms with E-state index >= 15 is 0 Å². The first-order valence-electron chi connectivity index (χ1n) is 10.1. The zero-order chi connectivity index (χ0) is 21.5. The molecule has 0 atom stereocenters. The van der Waals surface area contributed by atoms with Gasteiger partial charge in [0.05, 0.1) is 22.8 Å². The third-order valence-electron chi connectivity index (χ3n) is 7.00. The van der Waals surface area contributed by atoms with Gasteiger partial charge in [0.2, 0.25) is 0 Å². The highest BCUT2D eigenvalue weighted by atomic mass is 14.8. The Labute approximate surface area is 171 Å². The predicted molar refractivity (Wildman–Crippen MR) is 126 cm³/mol. The van der Waals surface area contributed by atoms with Crippen LogP contribution in [0.2, 0.25) is 0 Å². The van der Waals surface area contributed by atoms with Gasteiger partial charge in [-0.2, -0.15) is 0 Å². The largest absolute Gasteiger partial charge is 0.251 e. The van der Waals surface area contributed by atoms with Gasteiger partial charge in [0.1, 0.15) is 0 Å². The Balaban J connectivity index is 2.63. The van der Waals surface area contributed by atoms with Crippen LogP contribution in [0.1, 0.15) is 69.5 Å². The van der Waals surface area contributed by atoms with Crippen molar-refractivity contribution in [3.63, 3.8) is 0 Å². The Bertz CT molecular complexity index is 876. The van der Waals surface area contributed by atoms with Gasteiger partial charge >= 0.3 is 0 Å². The van der Waals surface area contributed by atoms with E-state index in [4.69, 9.17) is 9.98 Å². The van der Waals surface area contributed by atoms with Crippen molar-refractivity contribution in [1.29, 1.82) is 0 Å². The SMILES string of the molecule is CC(=Nc1c(C)c(C)c(C)c(C)c1C)C(C)=Nc1c(C)c(C)c(C)c(C)c1C. The Kier molecular flexibility index (Phi) is 6.33.